The first-order chi connectivity index (χ1) is 10.6. The van der Waals surface area contributed by atoms with E-state index in [0.29, 0.717) is 13.2 Å². The number of rotatable bonds is 4. The summed E-state index contributed by atoms with van der Waals surface area (Å²) in [5.74, 6) is 0.128. The molecule has 2 fully saturated rings. The standard InChI is InChI=1S/C16H21N3O3/c1-12(15(20)18-7-2-3-8-18)17-13-5-4-6-14(11-13)19-9-10-22-16(19)21/h4-6,11-12,17H,2-3,7-10H2,1H3. The molecule has 2 amide bonds. The molecule has 6 heteroatoms. The molecular weight excluding hydrogens is 282 g/mol. The third-order valence-corrected chi connectivity index (χ3v) is 4.09. The molecule has 2 heterocycles. The van der Waals surface area contributed by atoms with Gasteiger partial charge in [0.25, 0.3) is 0 Å². The fourth-order valence-electron chi connectivity index (χ4n) is 2.91. The van der Waals surface area contributed by atoms with Gasteiger partial charge in [-0.1, -0.05) is 6.07 Å². The number of carbonyl (C=O) groups excluding carboxylic acids is 2. The zero-order valence-electron chi connectivity index (χ0n) is 12.7. The smallest absolute Gasteiger partial charge is 0.414 e. The molecule has 0 aliphatic carbocycles. The van der Waals surface area contributed by atoms with Gasteiger partial charge in [-0.2, -0.15) is 0 Å². The number of carbonyl (C=O) groups is 2. The van der Waals surface area contributed by atoms with Crippen LogP contribution in [0.3, 0.4) is 0 Å². The van der Waals surface area contributed by atoms with E-state index in [2.05, 4.69) is 5.32 Å². The fraction of sp³-hybridized carbons (Fsp3) is 0.500. The van der Waals surface area contributed by atoms with Crippen molar-refractivity contribution in [2.75, 3.05) is 36.5 Å². The molecule has 2 aliphatic rings. The zero-order chi connectivity index (χ0) is 15.5. The van der Waals surface area contributed by atoms with Crippen molar-refractivity contribution < 1.29 is 14.3 Å². The van der Waals surface area contributed by atoms with E-state index in [4.69, 9.17) is 4.74 Å². The Hall–Kier alpha value is -2.24. The predicted molar refractivity (Wildman–Crippen MR) is 84.0 cm³/mol. The van der Waals surface area contributed by atoms with Gasteiger partial charge in [-0.25, -0.2) is 4.79 Å². The molecule has 1 atom stereocenters. The molecule has 3 rings (SSSR count). The molecule has 1 aromatic carbocycles. The largest absolute Gasteiger partial charge is 0.447 e. The summed E-state index contributed by atoms with van der Waals surface area (Å²) in [6, 6.07) is 7.24. The lowest BCUT2D eigenvalue weighted by molar-refractivity contribution is -0.130. The van der Waals surface area contributed by atoms with Crippen LogP contribution in [0.15, 0.2) is 24.3 Å². The molecule has 22 heavy (non-hydrogen) atoms. The van der Waals surface area contributed by atoms with E-state index in [1.807, 2.05) is 36.1 Å². The maximum atomic E-state index is 12.3. The number of likely N-dealkylation sites (tertiary alicyclic amines) is 1. The quantitative estimate of drug-likeness (QED) is 0.925. The molecule has 1 aromatic rings. The van der Waals surface area contributed by atoms with Gasteiger partial charge in [0.15, 0.2) is 0 Å². The van der Waals surface area contributed by atoms with Crippen LogP contribution in [0.4, 0.5) is 16.2 Å². The number of nitrogens with one attached hydrogen (secondary N) is 1. The average molecular weight is 303 g/mol. The molecule has 0 saturated carbocycles. The van der Waals surface area contributed by atoms with Crippen molar-refractivity contribution in [1.29, 1.82) is 0 Å². The zero-order valence-corrected chi connectivity index (χ0v) is 12.7. The van der Waals surface area contributed by atoms with Crippen molar-refractivity contribution in [3.63, 3.8) is 0 Å². The molecule has 1 N–H and O–H groups in total. The number of ether oxygens (including phenoxy) is 1. The van der Waals surface area contributed by atoms with Crippen molar-refractivity contribution in [2.24, 2.45) is 0 Å². The number of amides is 2. The number of cyclic esters (lactones) is 1. The van der Waals surface area contributed by atoms with Crippen LogP contribution in [0.25, 0.3) is 0 Å². The summed E-state index contributed by atoms with van der Waals surface area (Å²) >= 11 is 0. The first-order valence-corrected chi connectivity index (χ1v) is 7.75. The molecule has 2 saturated heterocycles. The van der Waals surface area contributed by atoms with E-state index in [1.54, 1.807) is 4.90 Å². The topological polar surface area (TPSA) is 61.9 Å². The summed E-state index contributed by atoms with van der Waals surface area (Å²) in [6.45, 7) is 4.55. The van der Waals surface area contributed by atoms with Crippen LogP contribution in [-0.4, -0.2) is 49.2 Å². The Balaban J connectivity index is 1.67. The summed E-state index contributed by atoms with van der Waals surface area (Å²) in [5.41, 5.74) is 1.62. The molecule has 1 unspecified atom stereocenters. The van der Waals surface area contributed by atoms with Crippen LogP contribution in [0.2, 0.25) is 0 Å². The second kappa shape index (κ2) is 6.25. The van der Waals surface area contributed by atoms with Crippen molar-refractivity contribution in [1.82, 2.24) is 4.90 Å². The molecule has 0 bridgehead atoms. The van der Waals surface area contributed by atoms with Gasteiger partial charge in [0.1, 0.15) is 12.6 Å². The van der Waals surface area contributed by atoms with E-state index < -0.39 is 0 Å². The first-order valence-electron chi connectivity index (χ1n) is 7.75. The van der Waals surface area contributed by atoms with E-state index in [1.165, 1.54) is 0 Å². The van der Waals surface area contributed by atoms with Crippen molar-refractivity contribution in [2.45, 2.75) is 25.8 Å². The monoisotopic (exact) mass is 303 g/mol. The highest BCUT2D eigenvalue weighted by molar-refractivity contribution is 5.90. The Kier molecular flexibility index (Phi) is 4.18. The van der Waals surface area contributed by atoms with Gasteiger partial charge < -0.3 is 15.0 Å². The van der Waals surface area contributed by atoms with Crippen LogP contribution in [-0.2, 0) is 9.53 Å². The average Bonchev–Trinajstić information content (AvgIpc) is 3.18. The maximum absolute atomic E-state index is 12.3. The molecule has 0 aromatic heterocycles. The fourth-order valence-corrected chi connectivity index (χ4v) is 2.91. The molecular formula is C16H21N3O3. The maximum Gasteiger partial charge on any atom is 0.414 e. The Morgan fingerprint density at radius 2 is 2.05 bits per heavy atom. The van der Waals surface area contributed by atoms with Crippen molar-refractivity contribution >= 4 is 23.4 Å². The Morgan fingerprint density at radius 3 is 2.73 bits per heavy atom. The van der Waals surface area contributed by atoms with Crippen LogP contribution in [0, 0.1) is 0 Å². The number of benzene rings is 1. The molecule has 6 nitrogen and oxygen atoms in total. The van der Waals surface area contributed by atoms with Crippen LogP contribution >= 0.6 is 0 Å². The minimum absolute atomic E-state index is 0.128. The van der Waals surface area contributed by atoms with E-state index >= 15 is 0 Å². The van der Waals surface area contributed by atoms with Gasteiger partial charge in [0.05, 0.1) is 6.54 Å². The van der Waals surface area contributed by atoms with Gasteiger partial charge in [0.2, 0.25) is 5.91 Å². The third-order valence-electron chi connectivity index (χ3n) is 4.09. The molecule has 118 valence electrons. The Bertz CT molecular complexity index is 570. The Morgan fingerprint density at radius 1 is 1.27 bits per heavy atom. The van der Waals surface area contributed by atoms with Crippen molar-refractivity contribution in [3.8, 4) is 0 Å². The second-order valence-electron chi connectivity index (χ2n) is 5.71. The van der Waals surface area contributed by atoms with Crippen molar-refractivity contribution in [3.05, 3.63) is 24.3 Å². The molecule has 0 spiro atoms. The number of hydrogen-bond donors (Lipinski definition) is 1. The van der Waals surface area contributed by atoms with Gasteiger partial charge in [-0.05, 0) is 38.0 Å². The minimum atomic E-state index is -0.321. The van der Waals surface area contributed by atoms with E-state index in [-0.39, 0.29) is 18.0 Å². The Labute approximate surface area is 130 Å². The summed E-state index contributed by atoms with van der Waals surface area (Å²) < 4.78 is 4.95. The van der Waals surface area contributed by atoms with Crippen LogP contribution < -0.4 is 10.2 Å². The minimum Gasteiger partial charge on any atom is -0.447 e. The normalized spacial score (nSPS) is 19.2. The van der Waals surface area contributed by atoms with E-state index in [0.717, 1.165) is 37.3 Å². The summed E-state index contributed by atoms with van der Waals surface area (Å²) in [6.07, 6.45) is 1.86. The highest BCUT2D eigenvalue weighted by Gasteiger charge is 2.25. The first kappa shape index (κ1) is 14.7. The van der Waals surface area contributed by atoms with Gasteiger partial charge in [-0.15, -0.1) is 0 Å². The lowest BCUT2D eigenvalue weighted by Gasteiger charge is -2.22. The van der Waals surface area contributed by atoms with Gasteiger partial charge >= 0.3 is 6.09 Å². The lowest BCUT2D eigenvalue weighted by atomic mass is 10.2. The van der Waals surface area contributed by atoms with Crippen LogP contribution in [0.1, 0.15) is 19.8 Å². The highest BCUT2D eigenvalue weighted by Crippen LogP contribution is 2.23. The molecule has 0 radical (unpaired) electrons. The number of hydrogen-bond acceptors (Lipinski definition) is 4. The number of nitrogens with zero attached hydrogens (tertiary/aromatic N) is 2. The SMILES string of the molecule is CC(Nc1cccc(N2CCOC2=O)c1)C(=O)N1CCCC1. The van der Waals surface area contributed by atoms with E-state index in [9.17, 15) is 9.59 Å². The summed E-state index contributed by atoms with van der Waals surface area (Å²) in [4.78, 5) is 27.4. The third kappa shape index (κ3) is 3.00. The van der Waals surface area contributed by atoms with Crippen LogP contribution in [0.5, 0.6) is 0 Å². The second-order valence-corrected chi connectivity index (χ2v) is 5.71. The summed E-state index contributed by atoms with van der Waals surface area (Å²) in [7, 11) is 0. The van der Waals surface area contributed by atoms with Gasteiger partial charge in [0, 0.05) is 24.5 Å². The summed E-state index contributed by atoms with van der Waals surface area (Å²) in [5, 5.41) is 3.23. The lowest BCUT2D eigenvalue weighted by Crippen LogP contribution is -2.39. The number of anilines is 2. The molecule has 2 aliphatic heterocycles. The van der Waals surface area contributed by atoms with Gasteiger partial charge in [-0.3, -0.25) is 9.69 Å². The predicted octanol–water partition coefficient (Wildman–Crippen LogP) is 2.07. The highest BCUT2D eigenvalue weighted by atomic mass is 16.6.